The van der Waals surface area contributed by atoms with Gasteiger partial charge >= 0.3 is 0 Å². The van der Waals surface area contributed by atoms with Crippen molar-refractivity contribution in [3.05, 3.63) is 238 Å². The second-order valence-corrected chi connectivity index (χ2v) is 13.8. The number of benzene rings is 7. The first-order valence-corrected chi connectivity index (χ1v) is 20.9. The first kappa shape index (κ1) is 43.0. The van der Waals surface area contributed by atoms with Gasteiger partial charge in [0.25, 0.3) is 0 Å². The molecule has 0 aliphatic carbocycles. The van der Waals surface area contributed by atoms with Crippen LogP contribution in [-0.4, -0.2) is 14.5 Å². The lowest BCUT2D eigenvalue weighted by Crippen LogP contribution is -1.96. The highest BCUT2D eigenvalue weighted by Crippen LogP contribution is 2.34. The van der Waals surface area contributed by atoms with Crippen LogP contribution in [0.3, 0.4) is 0 Å². The highest BCUT2D eigenvalue weighted by atomic mass is 15.0. The molecule has 0 saturated carbocycles. The molecule has 7 aromatic carbocycles. The molecule has 9 aromatic rings. The normalized spacial score (nSPS) is 10.6. The summed E-state index contributed by atoms with van der Waals surface area (Å²) in [6.07, 6.45) is 11.2. The number of hydrogen-bond acceptors (Lipinski definition) is 2. The first-order chi connectivity index (χ1) is 30.1. The van der Waals surface area contributed by atoms with Gasteiger partial charge in [-0.2, -0.15) is 0 Å². The Hall–Kier alpha value is -7.62. The molecule has 0 spiro atoms. The fraction of sp³-hybridized carbons (Fsp3) is 0.0690. The van der Waals surface area contributed by atoms with E-state index in [1.54, 1.807) is 12.2 Å². The van der Waals surface area contributed by atoms with Crippen LogP contribution in [-0.2, 0) is 0 Å². The average molecular weight is 792 g/mol. The third kappa shape index (κ3) is 10.5. The van der Waals surface area contributed by atoms with E-state index in [2.05, 4.69) is 169 Å². The maximum absolute atomic E-state index is 5.03. The Labute approximate surface area is 362 Å². The zero-order valence-electron chi connectivity index (χ0n) is 35.6. The highest BCUT2D eigenvalue weighted by molar-refractivity contribution is 6.09. The van der Waals surface area contributed by atoms with Crippen LogP contribution in [0.5, 0.6) is 0 Å². The predicted octanol–water partition coefficient (Wildman–Crippen LogP) is 16.4. The molecule has 0 fully saturated rings. The quantitative estimate of drug-likeness (QED) is 0.144. The Balaban J connectivity index is 0.000000463. The van der Waals surface area contributed by atoms with Crippen molar-refractivity contribution in [3.8, 4) is 61.8 Å². The van der Waals surface area contributed by atoms with Crippen LogP contribution >= 0.6 is 0 Å². The predicted molar refractivity (Wildman–Crippen MR) is 265 cm³/mol. The summed E-state index contributed by atoms with van der Waals surface area (Å²) in [6, 6.07) is 66.2. The van der Waals surface area contributed by atoms with Gasteiger partial charge in [-0.15, -0.1) is 0 Å². The average Bonchev–Trinajstić information content (AvgIpc) is 3.68. The number of allylic oxidation sites excluding steroid dienone is 6. The van der Waals surface area contributed by atoms with E-state index in [9.17, 15) is 0 Å². The third-order valence-electron chi connectivity index (χ3n) is 9.90. The standard InChI is InChI=1S/C46H31N3.2C5H8.C2H6/c1-3-12-35(13-4-1)42-31-43(48-46(47-42)36-14-5-2-6-15-36)38-17-11-16-37(30-38)34-24-22-32(23-25-34)33-26-28-39(29-27-33)49-44-20-9-7-18-40(44)41-19-8-10-21-45(41)49;2*1-3-5-4-2;1-2/h1-31H;2*3-5H,1H2,2H3;1-2H3/b;2*5-4-;. The minimum atomic E-state index is 0.718. The fourth-order valence-corrected chi connectivity index (χ4v) is 7.06. The van der Waals surface area contributed by atoms with Gasteiger partial charge in [0.15, 0.2) is 5.82 Å². The van der Waals surface area contributed by atoms with Crippen LogP contribution < -0.4 is 0 Å². The fourth-order valence-electron chi connectivity index (χ4n) is 7.06. The SMILES string of the molecule is C=C/C=C\C.C=C/C=C\C.CC.c1ccc(-c2cc(-c3cccc(-c4ccc(-c5ccc(-n6c7ccccc7c7ccccc76)cc5)cc4)c3)nc(-c3ccccc3)n2)cc1. The topological polar surface area (TPSA) is 30.7 Å². The molecule has 0 aliphatic heterocycles. The Bertz CT molecular complexity index is 2720. The summed E-state index contributed by atoms with van der Waals surface area (Å²) >= 11 is 0. The van der Waals surface area contributed by atoms with Gasteiger partial charge in [-0.3, -0.25) is 0 Å². The molecule has 0 N–H and O–H groups in total. The second-order valence-electron chi connectivity index (χ2n) is 13.8. The summed E-state index contributed by atoms with van der Waals surface area (Å²) in [4.78, 5) is 9.99. The monoisotopic (exact) mass is 791 g/mol. The minimum Gasteiger partial charge on any atom is -0.309 e. The number of hydrogen-bond donors (Lipinski definition) is 0. The maximum atomic E-state index is 5.03. The largest absolute Gasteiger partial charge is 0.309 e. The number of fused-ring (bicyclic) bond motifs is 3. The molecule has 2 aromatic heterocycles. The Kier molecular flexibility index (Phi) is 15.5. The van der Waals surface area contributed by atoms with Gasteiger partial charge in [-0.05, 0) is 72.5 Å². The van der Waals surface area contributed by atoms with Gasteiger partial charge in [0.1, 0.15) is 0 Å². The molecule has 0 atom stereocenters. The van der Waals surface area contributed by atoms with E-state index in [1.807, 2.05) is 88.4 Å². The van der Waals surface area contributed by atoms with Gasteiger partial charge in [0.05, 0.1) is 22.4 Å². The van der Waals surface area contributed by atoms with Gasteiger partial charge in [-0.1, -0.05) is 215 Å². The van der Waals surface area contributed by atoms with Crippen LogP contribution in [0, 0.1) is 0 Å². The van der Waals surface area contributed by atoms with Crippen molar-refractivity contribution in [3.63, 3.8) is 0 Å². The summed E-state index contributed by atoms with van der Waals surface area (Å²) in [6.45, 7) is 14.8. The van der Waals surface area contributed by atoms with E-state index in [4.69, 9.17) is 9.97 Å². The first-order valence-electron chi connectivity index (χ1n) is 20.9. The summed E-state index contributed by atoms with van der Waals surface area (Å²) in [5, 5.41) is 2.55. The highest BCUT2D eigenvalue weighted by Gasteiger charge is 2.13. The summed E-state index contributed by atoms with van der Waals surface area (Å²) in [5.74, 6) is 0.718. The molecule has 0 radical (unpaired) electrons. The number of para-hydroxylation sites is 2. The Morgan fingerprint density at radius 2 is 0.803 bits per heavy atom. The van der Waals surface area contributed by atoms with Crippen molar-refractivity contribution >= 4 is 21.8 Å². The number of rotatable bonds is 8. The van der Waals surface area contributed by atoms with Crippen LogP contribution in [0.1, 0.15) is 27.7 Å². The third-order valence-corrected chi connectivity index (χ3v) is 9.90. The lowest BCUT2D eigenvalue weighted by Gasteiger charge is -2.11. The molecular formula is C58H53N3. The zero-order chi connectivity index (χ0) is 42.8. The van der Waals surface area contributed by atoms with Crippen LogP contribution in [0.15, 0.2) is 238 Å². The van der Waals surface area contributed by atoms with Crippen molar-refractivity contribution in [2.24, 2.45) is 0 Å². The van der Waals surface area contributed by atoms with Crippen molar-refractivity contribution in [2.45, 2.75) is 27.7 Å². The van der Waals surface area contributed by atoms with E-state index < -0.39 is 0 Å². The lowest BCUT2D eigenvalue weighted by molar-refractivity contribution is 1.18. The molecule has 0 bridgehead atoms. The van der Waals surface area contributed by atoms with Crippen molar-refractivity contribution in [1.29, 1.82) is 0 Å². The van der Waals surface area contributed by atoms with Gasteiger partial charge in [0.2, 0.25) is 0 Å². The molecule has 300 valence electrons. The second kappa shape index (κ2) is 21.9. The number of aromatic nitrogens is 3. The smallest absolute Gasteiger partial charge is 0.160 e. The lowest BCUT2D eigenvalue weighted by atomic mass is 9.98. The Morgan fingerprint density at radius 1 is 0.393 bits per heavy atom. The Morgan fingerprint density at radius 3 is 1.30 bits per heavy atom. The van der Waals surface area contributed by atoms with Crippen LogP contribution in [0.4, 0.5) is 0 Å². The van der Waals surface area contributed by atoms with Gasteiger partial charge < -0.3 is 4.57 Å². The van der Waals surface area contributed by atoms with Crippen molar-refractivity contribution in [1.82, 2.24) is 14.5 Å². The summed E-state index contributed by atoms with van der Waals surface area (Å²) in [7, 11) is 0. The number of nitrogens with zero attached hydrogens (tertiary/aromatic N) is 3. The molecule has 0 aliphatic rings. The van der Waals surface area contributed by atoms with Crippen molar-refractivity contribution < 1.29 is 0 Å². The van der Waals surface area contributed by atoms with Gasteiger partial charge in [0, 0.05) is 33.2 Å². The molecule has 61 heavy (non-hydrogen) atoms. The molecule has 3 heteroatoms. The molecule has 2 heterocycles. The molecular weight excluding hydrogens is 739 g/mol. The minimum absolute atomic E-state index is 0.718. The van der Waals surface area contributed by atoms with E-state index in [-0.39, 0.29) is 0 Å². The van der Waals surface area contributed by atoms with Gasteiger partial charge in [-0.25, -0.2) is 9.97 Å². The van der Waals surface area contributed by atoms with Crippen LogP contribution in [0.25, 0.3) is 83.6 Å². The molecule has 0 saturated heterocycles. The van der Waals surface area contributed by atoms with Crippen LogP contribution in [0.2, 0.25) is 0 Å². The molecule has 3 nitrogen and oxygen atoms in total. The van der Waals surface area contributed by atoms with E-state index >= 15 is 0 Å². The van der Waals surface area contributed by atoms with E-state index in [0.717, 1.165) is 50.7 Å². The maximum Gasteiger partial charge on any atom is 0.160 e. The molecule has 0 unspecified atom stereocenters. The zero-order valence-corrected chi connectivity index (χ0v) is 35.6. The molecule has 9 rings (SSSR count). The summed E-state index contributed by atoms with van der Waals surface area (Å²) < 4.78 is 2.35. The molecule has 0 amide bonds. The summed E-state index contributed by atoms with van der Waals surface area (Å²) in [5.41, 5.74) is 13.2. The van der Waals surface area contributed by atoms with E-state index in [1.165, 1.54) is 32.9 Å². The van der Waals surface area contributed by atoms with Crippen molar-refractivity contribution in [2.75, 3.05) is 0 Å². The van der Waals surface area contributed by atoms with E-state index in [0.29, 0.717) is 0 Å².